The summed E-state index contributed by atoms with van der Waals surface area (Å²) in [4.78, 5) is 0. The van der Waals surface area contributed by atoms with Crippen LogP contribution in [0.5, 0.6) is 0 Å². The van der Waals surface area contributed by atoms with E-state index in [1.807, 2.05) is 0 Å². The zero-order valence-electron chi connectivity index (χ0n) is 4.65. The van der Waals surface area contributed by atoms with Crippen molar-refractivity contribution in [2.75, 3.05) is 0 Å². The Morgan fingerprint density at radius 1 is 1.00 bits per heavy atom. The van der Waals surface area contributed by atoms with E-state index in [0.717, 1.165) is 0 Å². The minimum absolute atomic E-state index is 0. The van der Waals surface area contributed by atoms with Gasteiger partial charge in [0.05, 0.1) is 0 Å². The van der Waals surface area contributed by atoms with Gasteiger partial charge in [-0.3, -0.25) is 13.8 Å². The molecule has 0 aromatic carbocycles. The second kappa shape index (κ2) is 5.50. The summed E-state index contributed by atoms with van der Waals surface area (Å²) in [6.07, 6.45) is 0. The first-order chi connectivity index (χ1) is 4.00. The van der Waals surface area contributed by atoms with Crippen LogP contribution in [0.25, 0.3) is 0 Å². The second-order valence-electron chi connectivity index (χ2n) is 0.896. The molecule has 0 aromatic heterocycles. The molecule has 0 bridgehead atoms. The fourth-order valence-electron chi connectivity index (χ4n) is 0. The molecule has 72 valence electrons. The standard InChI is InChI=1S/Cr.FH.H2O4S.2H2O.2O/c;;1-5(2,3)4;;;;/h;1H;(H2,1,2,3,4);2*1H2;;/q+2;;;;;;/p-2. The average Bonchev–Trinajstić information content (AvgIpc) is 1.12. The van der Waals surface area contributed by atoms with Crippen LogP contribution < -0.4 is 0 Å². The quantitative estimate of drug-likeness (QED) is 0.358. The summed E-state index contributed by atoms with van der Waals surface area (Å²) in [7, 11) is -4.67. The van der Waals surface area contributed by atoms with Gasteiger partial charge in [0, 0.05) is 0 Å². The first kappa shape index (κ1) is 17.1. The molecule has 8 nitrogen and oxygen atoms in total. The van der Waals surface area contributed by atoms with Crippen LogP contribution in [0.3, 0.4) is 0 Å². The Labute approximate surface area is 62.8 Å². The minimum atomic E-state index is -5.25. The molecule has 0 radical (unpaired) electrons. The molecule has 0 fully saturated rings. The summed E-state index contributed by atoms with van der Waals surface area (Å²) >= 11 is -5.25. The van der Waals surface area contributed by atoms with Crippen molar-refractivity contribution in [3.63, 3.8) is 0 Å². The molecule has 0 aromatic rings. The fourth-order valence-corrected chi connectivity index (χ4v) is 0. The van der Waals surface area contributed by atoms with Crippen LogP contribution in [0.1, 0.15) is 0 Å². The van der Waals surface area contributed by atoms with Crippen LogP contribution in [-0.2, 0) is 31.6 Å². The van der Waals surface area contributed by atoms with Crippen LogP contribution in [0, 0.1) is 0 Å². The Morgan fingerprint density at radius 2 is 1.00 bits per heavy atom. The Morgan fingerprint density at radius 3 is 1.00 bits per heavy atom. The number of hydrogen-bond acceptors (Lipinski definition) is 4. The van der Waals surface area contributed by atoms with Gasteiger partial charge in [-0.2, -0.15) is 8.42 Å². The van der Waals surface area contributed by atoms with E-state index in [4.69, 9.17) is 33.4 Å². The first-order valence-corrected chi connectivity index (χ1v) is 4.98. The molecule has 11 heteroatoms. The molecule has 0 spiro atoms. The molecule has 0 aliphatic carbocycles. The summed E-state index contributed by atoms with van der Waals surface area (Å²) < 4.78 is 63.5. The molecule has 0 unspecified atom stereocenters. The SMILES string of the molecule is F.O=S(=O)(O)O.[O]=[Cr](=[O])([OH])[OH]. The second-order valence-corrected chi connectivity index (χ2v) is 3.19. The number of halogens is 1. The van der Waals surface area contributed by atoms with E-state index >= 15 is 0 Å². The monoisotopic (exact) mass is 236 g/mol. The van der Waals surface area contributed by atoms with Crippen molar-refractivity contribution >= 4 is 10.4 Å². The van der Waals surface area contributed by atoms with E-state index in [-0.39, 0.29) is 4.70 Å². The van der Waals surface area contributed by atoms with Crippen molar-refractivity contribution in [2.24, 2.45) is 0 Å². The predicted octanol–water partition coefficient (Wildman–Crippen LogP) is -1.85. The van der Waals surface area contributed by atoms with Gasteiger partial charge in [-0.1, -0.05) is 0 Å². The molecule has 0 saturated heterocycles. The average molecular weight is 236 g/mol. The third-order valence-corrected chi connectivity index (χ3v) is 0. The summed E-state index contributed by atoms with van der Waals surface area (Å²) in [6, 6.07) is 0. The third kappa shape index (κ3) is 27900. The van der Waals surface area contributed by atoms with Gasteiger partial charge in [0.25, 0.3) is 0 Å². The molecule has 0 amide bonds. The van der Waals surface area contributed by atoms with Gasteiger partial charge in [-0.15, -0.1) is 0 Å². The summed E-state index contributed by atoms with van der Waals surface area (Å²) in [6.45, 7) is 0. The first-order valence-electron chi connectivity index (χ1n) is 1.40. The maximum atomic E-state index is 8.82. The van der Waals surface area contributed by atoms with Crippen LogP contribution in [0.2, 0.25) is 0 Å². The van der Waals surface area contributed by atoms with E-state index in [9.17, 15) is 0 Å². The summed E-state index contributed by atoms with van der Waals surface area (Å²) in [5, 5.41) is 0. The maximum absolute atomic E-state index is 8.82. The van der Waals surface area contributed by atoms with Gasteiger partial charge in [0.15, 0.2) is 0 Å². The van der Waals surface area contributed by atoms with Gasteiger partial charge in [0.1, 0.15) is 0 Å². The summed E-state index contributed by atoms with van der Waals surface area (Å²) in [5.41, 5.74) is 0. The normalized spacial score (nSPS) is 10.5. The predicted molar refractivity (Wildman–Crippen MR) is 22.5 cm³/mol. The summed E-state index contributed by atoms with van der Waals surface area (Å²) in [5.74, 6) is 0. The Hall–Kier alpha value is -0.148. The van der Waals surface area contributed by atoms with E-state index in [0.29, 0.717) is 0 Å². The van der Waals surface area contributed by atoms with Gasteiger partial charge >= 0.3 is 39.9 Å². The van der Waals surface area contributed by atoms with Crippen molar-refractivity contribution < 1.29 is 51.8 Å². The van der Waals surface area contributed by atoms with Crippen LogP contribution in [0.15, 0.2) is 0 Å². The molecule has 0 atom stereocenters. The van der Waals surface area contributed by atoms with Crippen molar-refractivity contribution in [1.29, 1.82) is 0 Å². The topological polar surface area (TPSA) is 149 Å². The van der Waals surface area contributed by atoms with Gasteiger partial charge in [0.2, 0.25) is 0 Å². The molecule has 0 heterocycles. The Bertz CT molecular complexity index is 210. The molecule has 0 rings (SSSR count). The molecule has 0 aliphatic rings. The van der Waals surface area contributed by atoms with E-state index in [1.165, 1.54) is 0 Å². The Balaban J connectivity index is -0.000000107. The van der Waals surface area contributed by atoms with E-state index < -0.39 is 24.0 Å². The molecule has 4 N–H and O–H groups in total. The zero-order chi connectivity index (χ0) is 9.00. The van der Waals surface area contributed by atoms with E-state index in [2.05, 4.69) is 0 Å². The van der Waals surface area contributed by atoms with Crippen LogP contribution >= 0.6 is 0 Å². The van der Waals surface area contributed by atoms with Gasteiger partial charge in [-0.05, 0) is 0 Å². The zero-order valence-corrected chi connectivity index (χ0v) is 6.74. The molecule has 0 saturated carbocycles. The molecule has 11 heavy (non-hydrogen) atoms. The van der Waals surface area contributed by atoms with Gasteiger partial charge < -0.3 is 0 Å². The van der Waals surface area contributed by atoms with Gasteiger partial charge in [-0.25, -0.2) is 0 Å². The number of rotatable bonds is 0. The van der Waals surface area contributed by atoms with Crippen LogP contribution in [-0.4, -0.2) is 25.8 Å². The number of hydrogen-bond donors (Lipinski definition) is 4. The van der Waals surface area contributed by atoms with Crippen LogP contribution in [0.4, 0.5) is 4.70 Å². The molecular formula is H5CrFO8S. The van der Waals surface area contributed by atoms with Crippen molar-refractivity contribution in [3.05, 3.63) is 0 Å². The third-order valence-electron chi connectivity index (χ3n) is 0. The molecular weight excluding hydrogens is 231 g/mol. The Kier molecular flexibility index (Phi) is 8.54. The van der Waals surface area contributed by atoms with Crippen molar-refractivity contribution in [3.8, 4) is 0 Å². The fraction of sp³-hybridized carbons (Fsp3) is 0. The van der Waals surface area contributed by atoms with E-state index in [1.54, 1.807) is 0 Å². The molecule has 0 aliphatic heterocycles. The van der Waals surface area contributed by atoms with Crippen molar-refractivity contribution in [2.45, 2.75) is 0 Å². The van der Waals surface area contributed by atoms with Crippen molar-refractivity contribution in [1.82, 2.24) is 0 Å².